The Bertz CT molecular complexity index is 539. The second-order valence-corrected chi connectivity index (χ2v) is 6.09. The first kappa shape index (κ1) is 18.1. The van der Waals surface area contributed by atoms with E-state index in [4.69, 9.17) is 0 Å². The van der Waals surface area contributed by atoms with Gasteiger partial charge in [-0.1, -0.05) is 13.3 Å². The molecule has 0 radical (unpaired) electrons. The lowest BCUT2D eigenvalue weighted by Gasteiger charge is -2.33. The molecule has 0 unspecified atom stereocenters. The molecule has 24 heavy (non-hydrogen) atoms. The van der Waals surface area contributed by atoms with Gasteiger partial charge < -0.3 is 20.2 Å². The zero-order valence-corrected chi connectivity index (χ0v) is 14.2. The van der Waals surface area contributed by atoms with Gasteiger partial charge in [0.2, 0.25) is 0 Å². The van der Waals surface area contributed by atoms with Crippen molar-refractivity contribution in [1.29, 1.82) is 0 Å². The number of amides is 3. The van der Waals surface area contributed by atoms with Crippen LogP contribution in [0.15, 0.2) is 24.3 Å². The molecule has 0 aromatic heterocycles. The van der Waals surface area contributed by atoms with Gasteiger partial charge in [0, 0.05) is 12.2 Å². The number of carbonyl (C=O) groups excluding carboxylic acids is 2. The highest BCUT2D eigenvalue weighted by molar-refractivity contribution is 5.94. The van der Waals surface area contributed by atoms with Crippen molar-refractivity contribution in [2.45, 2.75) is 19.8 Å². The van der Waals surface area contributed by atoms with Crippen LogP contribution in [0.3, 0.4) is 0 Å². The summed E-state index contributed by atoms with van der Waals surface area (Å²) in [6.07, 6.45) is 1.91. The molecule has 0 atom stereocenters. The van der Waals surface area contributed by atoms with Crippen LogP contribution < -0.4 is 20.4 Å². The smallest absolute Gasteiger partial charge is 0.321 e. The number of benzene rings is 1. The summed E-state index contributed by atoms with van der Waals surface area (Å²) in [6, 6.07) is 6.75. The van der Waals surface area contributed by atoms with Gasteiger partial charge in [-0.25, -0.2) is 4.79 Å². The molecule has 1 aliphatic rings. The van der Waals surface area contributed by atoms with E-state index < -0.39 is 6.03 Å². The molecule has 1 fully saturated rings. The number of nitrogens with zero attached hydrogens (tertiary/aromatic N) is 1. The monoisotopic (exact) mass is 335 g/mol. The fourth-order valence-electron chi connectivity index (χ4n) is 2.74. The summed E-state index contributed by atoms with van der Waals surface area (Å²) in [4.78, 5) is 26.9. The molecule has 4 N–H and O–H groups in total. The van der Waals surface area contributed by atoms with Crippen LogP contribution in [0.5, 0.6) is 5.75 Å². The second-order valence-electron chi connectivity index (χ2n) is 6.09. The number of imide groups is 1. The Morgan fingerprint density at radius 1 is 1.21 bits per heavy atom. The summed E-state index contributed by atoms with van der Waals surface area (Å²) in [5.74, 6) is 0.0222. The number of hydrogen-bond acceptors (Lipinski definition) is 4. The molecule has 2 rings (SSSR count). The number of quaternary nitrogens is 1. The molecule has 0 bridgehead atoms. The van der Waals surface area contributed by atoms with Crippen molar-refractivity contribution in [2.24, 2.45) is 0 Å². The van der Waals surface area contributed by atoms with Gasteiger partial charge in [0.05, 0.1) is 26.2 Å². The summed E-state index contributed by atoms with van der Waals surface area (Å²) >= 11 is 0. The Balaban J connectivity index is 1.69. The van der Waals surface area contributed by atoms with Crippen molar-refractivity contribution in [1.82, 2.24) is 10.6 Å². The van der Waals surface area contributed by atoms with E-state index in [0.717, 1.165) is 44.7 Å². The average Bonchev–Trinajstić information content (AvgIpc) is 2.56. The molecule has 1 saturated heterocycles. The number of urea groups is 1. The van der Waals surface area contributed by atoms with Crippen LogP contribution in [0, 0.1) is 0 Å². The SMILES string of the molecule is CCCCNC(=O)NC(=O)C[NH+]1CCN(c2ccc(O)cc2)CC1. The van der Waals surface area contributed by atoms with Gasteiger partial charge in [0.25, 0.3) is 5.91 Å². The first-order chi connectivity index (χ1) is 11.6. The molecule has 0 saturated carbocycles. The summed E-state index contributed by atoms with van der Waals surface area (Å²) in [5.41, 5.74) is 1.08. The Hall–Kier alpha value is -2.28. The number of hydrogen-bond donors (Lipinski definition) is 4. The van der Waals surface area contributed by atoms with Gasteiger partial charge in [-0.2, -0.15) is 0 Å². The molecule has 132 valence electrons. The summed E-state index contributed by atoms with van der Waals surface area (Å²) in [6.45, 7) is 6.31. The molecule has 1 aliphatic heterocycles. The van der Waals surface area contributed by atoms with Gasteiger partial charge in [-0.15, -0.1) is 0 Å². The maximum absolute atomic E-state index is 11.9. The van der Waals surface area contributed by atoms with Crippen molar-refractivity contribution >= 4 is 17.6 Å². The maximum Gasteiger partial charge on any atom is 0.321 e. The van der Waals surface area contributed by atoms with Gasteiger partial charge in [0.15, 0.2) is 6.54 Å². The molecule has 7 nitrogen and oxygen atoms in total. The van der Waals surface area contributed by atoms with E-state index in [1.165, 1.54) is 4.90 Å². The number of carbonyl (C=O) groups is 2. The van der Waals surface area contributed by atoms with Crippen molar-refractivity contribution in [3.05, 3.63) is 24.3 Å². The van der Waals surface area contributed by atoms with Gasteiger partial charge in [0.1, 0.15) is 5.75 Å². The predicted molar refractivity (Wildman–Crippen MR) is 92.3 cm³/mol. The second kappa shape index (κ2) is 9.12. The number of rotatable bonds is 6. The van der Waals surface area contributed by atoms with E-state index in [-0.39, 0.29) is 11.7 Å². The normalized spacial score (nSPS) is 15.1. The first-order valence-corrected chi connectivity index (χ1v) is 8.53. The highest BCUT2D eigenvalue weighted by Gasteiger charge is 2.23. The van der Waals surface area contributed by atoms with E-state index in [1.807, 2.05) is 19.1 Å². The van der Waals surface area contributed by atoms with E-state index in [9.17, 15) is 14.7 Å². The Kier molecular flexibility index (Phi) is 6.87. The lowest BCUT2D eigenvalue weighted by Crippen LogP contribution is -3.16. The lowest BCUT2D eigenvalue weighted by atomic mass is 10.2. The van der Waals surface area contributed by atoms with Crippen molar-refractivity contribution in [3.63, 3.8) is 0 Å². The number of phenolic OH excluding ortho intramolecular Hbond substituents is 1. The molecule has 7 heteroatoms. The number of unbranched alkanes of at least 4 members (excludes halogenated alkanes) is 1. The Morgan fingerprint density at radius 2 is 1.88 bits per heavy atom. The van der Waals surface area contributed by atoms with Crippen LogP contribution in [0.25, 0.3) is 0 Å². The molecular weight excluding hydrogens is 308 g/mol. The molecule has 0 aliphatic carbocycles. The zero-order chi connectivity index (χ0) is 17.4. The van der Waals surface area contributed by atoms with Crippen molar-refractivity contribution in [2.75, 3.05) is 44.2 Å². The van der Waals surface area contributed by atoms with Crippen molar-refractivity contribution < 1.29 is 19.6 Å². The van der Waals surface area contributed by atoms with Gasteiger partial charge in [-0.3, -0.25) is 10.1 Å². The topological polar surface area (TPSA) is 86.1 Å². The van der Waals surface area contributed by atoms with Crippen molar-refractivity contribution in [3.8, 4) is 5.75 Å². The third-order valence-corrected chi connectivity index (χ3v) is 4.16. The number of aromatic hydroxyl groups is 1. The van der Waals surface area contributed by atoms with E-state index in [0.29, 0.717) is 13.1 Å². The fraction of sp³-hybridized carbons (Fsp3) is 0.529. The molecular formula is C17H27N4O3+. The molecule has 3 amide bonds. The Morgan fingerprint density at radius 3 is 2.50 bits per heavy atom. The largest absolute Gasteiger partial charge is 0.508 e. The average molecular weight is 335 g/mol. The molecule has 1 aromatic rings. The van der Waals surface area contributed by atoms with Gasteiger partial charge >= 0.3 is 6.03 Å². The number of piperazine rings is 1. The number of anilines is 1. The van der Waals surface area contributed by atoms with E-state index >= 15 is 0 Å². The molecule has 0 spiro atoms. The maximum atomic E-state index is 11.9. The van der Waals surface area contributed by atoms with Crippen LogP contribution in [0.1, 0.15) is 19.8 Å². The van der Waals surface area contributed by atoms with Crippen LogP contribution in [0.2, 0.25) is 0 Å². The highest BCUT2D eigenvalue weighted by Crippen LogP contribution is 2.17. The summed E-state index contributed by atoms with van der Waals surface area (Å²) in [7, 11) is 0. The minimum Gasteiger partial charge on any atom is -0.508 e. The Labute approximate surface area is 142 Å². The minimum absolute atomic E-state index is 0.239. The first-order valence-electron chi connectivity index (χ1n) is 8.53. The summed E-state index contributed by atoms with van der Waals surface area (Å²) in [5, 5.41) is 14.4. The van der Waals surface area contributed by atoms with Crippen LogP contribution >= 0.6 is 0 Å². The quantitative estimate of drug-likeness (QED) is 0.539. The minimum atomic E-state index is -0.407. The van der Waals surface area contributed by atoms with Crippen LogP contribution in [-0.4, -0.2) is 56.3 Å². The summed E-state index contributed by atoms with van der Waals surface area (Å²) < 4.78 is 0. The predicted octanol–water partition coefficient (Wildman–Crippen LogP) is -0.277. The third kappa shape index (κ3) is 5.73. The number of phenols is 1. The molecule has 1 heterocycles. The van der Waals surface area contributed by atoms with Crippen LogP contribution in [0.4, 0.5) is 10.5 Å². The van der Waals surface area contributed by atoms with Crippen LogP contribution in [-0.2, 0) is 4.79 Å². The third-order valence-electron chi connectivity index (χ3n) is 4.16. The lowest BCUT2D eigenvalue weighted by molar-refractivity contribution is -0.892. The van der Waals surface area contributed by atoms with E-state index in [1.54, 1.807) is 12.1 Å². The standard InChI is InChI=1S/C17H26N4O3/c1-2-3-8-18-17(24)19-16(23)13-20-9-11-21(12-10-20)14-4-6-15(22)7-5-14/h4-7,22H,2-3,8-13H2,1H3,(H2,18,19,23,24)/p+1. The number of nitrogens with one attached hydrogen (secondary N) is 3. The molecule has 1 aromatic carbocycles. The highest BCUT2D eigenvalue weighted by atomic mass is 16.3. The van der Waals surface area contributed by atoms with Gasteiger partial charge in [-0.05, 0) is 30.7 Å². The van der Waals surface area contributed by atoms with E-state index in [2.05, 4.69) is 15.5 Å². The fourth-order valence-corrected chi connectivity index (χ4v) is 2.74. The zero-order valence-electron chi connectivity index (χ0n) is 14.2.